The summed E-state index contributed by atoms with van der Waals surface area (Å²) in [5.41, 5.74) is 0. The van der Waals surface area contributed by atoms with Crippen LogP contribution in [0.2, 0.25) is 0 Å². The van der Waals surface area contributed by atoms with E-state index in [4.69, 9.17) is 9.72 Å². The molecule has 0 amide bonds. The molecule has 1 saturated heterocycles. The van der Waals surface area contributed by atoms with Crippen molar-refractivity contribution in [2.75, 3.05) is 38.7 Å². The van der Waals surface area contributed by atoms with Crippen LogP contribution in [0.15, 0.2) is 18.2 Å². The van der Waals surface area contributed by atoms with Crippen LogP contribution in [0.1, 0.15) is 23.0 Å². The summed E-state index contributed by atoms with van der Waals surface area (Å²) in [5, 5.41) is 1.00. The van der Waals surface area contributed by atoms with Crippen molar-refractivity contribution in [3.05, 3.63) is 23.1 Å². The summed E-state index contributed by atoms with van der Waals surface area (Å²) in [7, 11) is 4.24. The Morgan fingerprint density at radius 1 is 1.50 bits per heavy atom. The van der Waals surface area contributed by atoms with E-state index in [0.29, 0.717) is 17.5 Å². The molecule has 0 aromatic carbocycles. The van der Waals surface area contributed by atoms with Gasteiger partial charge in [-0.3, -0.25) is 0 Å². The smallest absolute Gasteiger partial charge is 0.348 e. The SMILES string of the molecule is CCOC(=O)c1cc2ccc(N3CC[C@@H](N(C)C)C3)nc2s1. The third kappa shape index (κ3) is 2.94. The van der Waals surface area contributed by atoms with Crippen molar-refractivity contribution in [1.29, 1.82) is 0 Å². The number of ether oxygens (including phenoxy) is 1. The molecule has 0 bridgehead atoms. The molecule has 0 aliphatic carbocycles. The largest absolute Gasteiger partial charge is 0.462 e. The molecular formula is C16H21N3O2S. The number of carbonyl (C=O) groups is 1. The topological polar surface area (TPSA) is 45.7 Å². The Labute approximate surface area is 134 Å². The van der Waals surface area contributed by atoms with Gasteiger partial charge in [0, 0.05) is 24.5 Å². The molecular weight excluding hydrogens is 298 g/mol. The van der Waals surface area contributed by atoms with Crippen molar-refractivity contribution in [3.8, 4) is 0 Å². The number of aromatic nitrogens is 1. The monoisotopic (exact) mass is 319 g/mol. The Kier molecular flexibility index (Phi) is 4.31. The number of rotatable bonds is 4. The van der Waals surface area contributed by atoms with Gasteiger partial charge < -0.3 is 14.5 Å². The predicted molar refractivity (Wildman–Crippen MR) is 89.9 cm³/mol. The van der Waals surface area contributed by atoms with Crippen LogP contribution in [0.4, 0.5) is 5.82 Å². The van der Waals surface area contributed by atoms with Gasteiger partial charge in [-0.25, -0.2) is 9.78 Å². The van der Waals surface area contributed by atoms with Crippen molar-refractivity contribution >= 4 is 33.3 Å². The first-order valence-electron chi connectivity index (χ1n) is 7.57. The second kappa shape index (κ2) is 6.22. The maximum absolute atomic E-state index is 11.8. The lowest BCUT2D eigenvalue weighted by Gasteiger charge is -2.21. The first-order valence-corrected chi connectivity index (χ1v) is 8.39. The van der Waals surface area contributed by atoms with E-state index in [0.717, 1.165) is 35.5 Å². The zero-order valence-corrected chi connectivity index (χ0v) is 14.0. The number of thiophene rings is 1. The van der Waals surface area contributed by atoms with Gasteiger partial charge in [0.2, 0.25) is 0 Å². The average molecular weight is 319 g/mol. The van der Waals surface area contributed by atoms with Crippen LogP contribution in [0.25, 0.3) is 10.2 Å². The van der Waals surface area contributed by atoms with E-state index in [1.54, 1.807) is 0 Å². The fourth-order valence-electron chi connectivity index (χ4n) is 2.76. The summed E-state index contributed by atoms with van der Waals surface area (Å²) in [6.07, 6.45) is 1.16. The van der Waals surface area contributed by atoms with Crippen LogP contribution < -0.4 is 4.90 Å². The van der Waals surface area contributed by atoms with Crippen molar-refractivity contribution < 1.29 is 9.53 Å². The van der Waals surface area contributed by atoms with Gasteiger partial charge >= 0.3 is 5.97 Å². The number of hydrogen-bond acceptors (Lipinski definition) is 6. The zero-order chi connectivity index (χ0) is 15.7. The highest BCUT2D eigenvalue weighted by molar-refractivity contribution is 7.20. The highest BCUT2D eigenvalue weighted by Crippen LogP contribution is 2.28. The van der Waals surface area contributed by atoms with E-state index in [9.17, 15) is 4.79 Å². The van der Waals surface area contributed by atoms with Crippen LogP contribution in [0.5, 0.6) is 0 Å². The van der Waals surface area contributed by atoms with E-state index in [2.05, 4.69) is 23.9 Å². The van der Waals surface area contributed by atoms with Crippen LogP contribution in [0.3, 0.4) is 0 Å². The Morgan fingerprint density at radius 2 is 2.32 bits per heavy atom. The second-order valence-corrected chi connectivity index (χ2v) is 6.78. The predicted octanol–water partition coefficient (Wildman–Crippen LogP) is 2.61. The number of likely N-dealkylation sites (N-methyl/N-ethyl adjacent to an activating group) is 1. The van der Waals surface area contributed by atoms with Gasteiger partial charge in [0.05, 0.1) is 6.61 Å². The van der Waals surface area contributed by atoms with Crippen molar-refractivity contribution in [3.63, 3.8) is 0 Å². The second-order valence-electron chi connectivity index (χ2n) is 5.75. The Hall–Kier alpha value is -1.66. The fraction of sp³-hybridized carbons (Fsp3) is 0.500. The number of carbonyl (C=O) groups excluding carboxylic acids is 1. The molecule has 118 valence electrons. The minimum absolute atomic E-state index is 0.263. The number of nitrogens with zero attached hydrogens (tertiary/aromatic N) is 3. The molecule has 6 heteroatoms. The van der Waals surface area contributed by atoms with Gasteiger partial charge in [-0.1, -0.05) is 0 Å². The average Bonchev–Trinajstić information content (AvgIpc) is 3.13. The van der Waals surface area contributed by atoms with Crippen molar-refractivity contribution in [2.45, 2.75) is 19.4 Å². The van der Waals surface area contributed by atoms with Crippen LogP contribution >= 0.6 is 11.3 Å². The molecule has 5 nitrogen and oxygen atoms in total. The molecule has 0 N–H and O–H groups in total. The first kappa shape index (κ1) is 15.2. The minimum atomic E-state index is -0.263. The third-order valence-electron chi connectivity index (χ3n) is 4.06. The lowest BCUT2D eigenvalue weighted by atomic mass is 10.2. The third-order valence-corrected chi connectivity index (χ3v) is 5.09. The van der Waals surface area contributed by atoms with Gasteiger partial charge in [0.25, 0.3) is 0 Å². The maximum atomic E-state index is 11.8. The Balaban J connectivity index is 1.83. The van der Waals surface area contributed by atoms with Gasteiger partial charge in [-0.15, -0.1) is 11.3 Å². The number of anilines is 1. The molecule has 0 radical (unpaired) electrons. The number of esters is 1. The van der Waals surface area contributed by atoms with Crippen molar-refractivity contribution in [1.82, 2.24) is 9.88 Å². The summed E-state index contributed by atoms with van der Waals surface area (Å²) in [5.74, 6) is 0.731. The van der Waals surface area contributed by atoms with Crippen LogP contribution in [-0.2, 0) is 4.74 Å². The van der Waals surface area contributed by atoms with E-state index in [1.807, 2.05) is 25.1 Å². The summed E-state index contributed by atoms with van der Waals surface area (Å²) >= 11 is 1.40. The van der Waals surface area contributed by atoms with Crippen molar-refractivity contribution in [2.24, 2.45) is 0 Å². The summed E-state index contributed by atoms with van der Waals surface area (Å²) < 4.78 is 5.06. The quantitative estimate of drug-likeness (QED) is 0.811. The molecule has 22 heavy (non-hydrogen) atoms. The van der Waals surface area contributed by atoms with Gasteiger partial charge in [-0.2, -0.15) is 0 Å². The lowest BCUT2D eigenvalue weighted by Crippen LogP contribution is -2.31. The summed E-state index contributed by atoms with van der Waals surface area (Å²) in [6, 6.07) is 6.53. The summed E-state index contributed by atoms with van der Waals surface area (Å²) in [6.45, 7) is 4.24. The van der Waals surface area contributed by atoms with E-state index >= 15 is 0 Å². The van der Waals surface area contributed by atoms with Gasteiger partial charge in [-0.05, 0) is 45.6 Å². The minimum Gasteiger partial charge on any atom is -0.462 e. The first-order chi connectivity index (χ1) is 10.6. The van der Waals surface area contributed by atoms with Crippen LogP contribution in [0, 0.1) is 0 Å². The van der Waals surface area contributed by atoms with Gasteiger partial charge in [0.1, 0.15) is 15.5 Å². The number of fused-ring (bicyclic) bond motifs is 1. The maximum Gasteiger partial charge on any atom is 0.348 e. The number of pyridine rings is 1. The highest BCUT2D eigenvalue weighted by atomic mass is 32.1. The fourth-order valence-corrected chi connectivity index (χ4v) is 3.68. The van der Waals surface area contributed by atoms with E-state index in [-0.39, 0.29) is 5.97 Å². The molecule has 1 atom stereocenters. The molecule has 0 unspecified atom stereocenters. The molecule has 0 saturated carbocycles. The molecule has 0 spiro atoms. The molecule has 1 fully saturated rings. The Morgan fingerprint density at radius 3 is 3.00 bits per heavy atom. The Bertz CT molecular complexity index is 683. The molecule has 1 aliphatic heterocycles. The highest BCUT2D eigenvalue weighted by Gasteiger charge is 2.25. The van der Waals surface area contributed by atoms with Gasteiger partial charge in [0.15, 0.2) is 0 Å². The molecule has 1 aliphatic rings. The van der Waals surface area contributed by atoms with E-state index < -0.39 is 0 Å². The number of hydrogen-bond donors (Lipinski definition) is 0. The van der Waals surface area contributed by atoms with Crippen LogP contribution in [-0.4, -0.2) is 55.7 Å². The molecule has 2 aromatic heterocycles. The normalized spacial score (nSPS) is 18.4. The molecule has 3 heterocycles. The standard InChI is InChI=1S/C16H21N3O2S/c1-4-21-16(20)13-9-11-5-6-14(17-15(11)22-13)19-8-7-12(10-19)18(2)3/h5-6,9,12H,4,7-8,10H2,1-3H3/t12-/m1/s1. The zero-order valence-electron chi connectivity index (χ0n) is 13.2. The van der Waals surface area contributed by atoms with E-state index in [1.165, 1.54) is 11.3 Å². The summed E-state index contributed by atoms with van der Waals surface area (Å²) in [4.78, 5) is 22.6. The molecule has 3 rings (SSSR count). The lowest BCUT2D eigenvalue weighted by molar-refractivity contribution is 0.0532. The molecule has 2 aromatic rings.